The first kappa shape index (κ1) is 11.9. The first-order valence-electron chi connectivity index (χ1n) is 5.27. The molecule has 0 radical (unpaired) electrons. The number of rotatable bonds is 1. The lowest BCUT2D eigenvalue weighted by Crippen LogP contribution is -2.28. The van der Waals surface area contributed by atoms with Crippen molar-refractivity contribution in [2.24, 2.45) is 0 Å². The zero-order valence-corrected chi connectivity index (χ0v) is 11.4. The van der Waals surface area contributed by atoms with Crippen molar-refractivity contribution in [2.75, 3.05) is 13.1 Å². The fraction of sp³-hybridized carbons (Fsp3) is 0.417. The number of aryl methyl sites for hydroxylation is 1. The van der Waals surface area contributed by atoms with Crippen LogP contribution in [0.15, 0.2) is 18.2 Å². The van der Waals surface area contributed by atoms with Gasteiger partial charge in [0.25, 0.3) is 5.91 Å². The number of halogens is 2. The van der Waals surface area contributed by atoms with Gasteiger partial charge in [-0.05, 0) is 31.0 Å². The van der Waals surface area contributed by atoms with Gasteiger partial charge in [0.1, 0.15) is 0 Å². The topological polar surface area (TPSA) is 20.3 Å². The standard InChI is InChI=1S/C12H13BrClNO/c1-8-2-3-9(6-11(8)14)12(16)15-5-4-10(13)7-15/h2-3,6,10H,4-5,7H2,1H3. The smallest absolute Gasteiger partial charge is 0.253 e. The molecule has 0 N–H and O–H groups in total. The number of nitrogens with zero attached hydrogens (tertiary/aromatic N) is 1. The molecule has 1 aromatic rings. The SMILES string of the molecule is Cc1ccc(C(=O)N2CCC(Br)C2)cc1Cl. The molecule has 2 nitrogen and oxygen atoms in total. The summed E-state index contributed by atoms with van der Waals surface area (Å²) in [5, 5.41) is 0.653. The van der Waals surface area contributed by atoms with Gasteiger partial charge in [-0.2, -0.15) is 0 Å². The Kier molecular flexibility index (Phi) is 3.55. The van der Waals surface area contributed by atoms with Crippen LogP contribution in [0.5, 0.6) is 0 Å². The van der Waals surface area contributed by atoms with Crippen LogP contribution in [-0.2, 0) is 0 Å². The Balaban J connectivity index is 2.18. The molecule has 2 rings (SSSR count). The monoisotopic (exact) mass is 301 g/mol. The lowest BCUT2D eigenvalue weighted by molar-refractivity contribution is 0.0793. The van der Waals surface area contributed by atoms with Crippen LogP contribution >= 0.6 is 27.5 Å². The molecule has 1 fully saturated rings. The average molecular weight is 303 g/mol. The van der Waals surface area contributed by atoms with Crippen LogP contribution in [0.1, 0.15) is 22.3 Å². The van der Waals surface area contributed by atoms with Gasteiger partial charge in [-0.3, -0.25) is 4.79 Å². The first-order valence-corrected chi connectivity index (χ1v) is 6.57. The van der Waals surface area contributed by atoms with Gasteiger partial charge in [-0.15, -0.1) is 0 Å². The van der Waals surface area contributed by atoms with Crippen molar-refractivity contribution < 1.29 is 4.79 Å². The Morgan fingerprint density at radius 2 is 2.31 bits per heavy atom. The van der Waals surface area contributed by atoms with Gasteiger partial charge in [0.05, 0.1) is 0 Å². The van der Waals surface area contributed by atoms with E-state index in [1.807, 2.05) is 24.0 Å². The highest BCUT2D eigenvalue weighted by Gasteiger charge is 2.25. The number of amides is 1. The second-order valence-corrected chi connectivity index (χ2v) is 5.80. The van der Waals surface area contributed by atoms with E-state index in [9.17, 15) is 4.79 Å². The maximum Gasteiger partial charge on any atom is 0.253 e. The van der Waals surface area contributed by atoms with Crippen molar-refractivity contribution in [1.29, 1.82) is 0 Å². The van der Waals surface area contributed by atoms with Crippen LogP contribution in [0.25, 0.3) is 0 Å². The quantitative estimate of drug-likeness (QED) is 0.729. The van der Waals surface area contributed by atoms with E-state index in [1.54, 1.807) is 6.07 Å². The van der Waals surface area contributed by atoms with Crippen LogP contribution in [0.3, 0.4) is 0 Å². The Hall–Kier alpha value is -0.540. The van der Waals surface area contributed by atoms with Gasteiger partial charge < -0.3 is 4.90 Å². The van der Waals surface area contributed by atoms with E-state index in [4.69, 9.17) is 11.6 Å². The van der Waals surface area contributed by atoms with Crippen molar-refractivity contribution in [3.05, 3.63) is 34.3 Å². The van der Waals surface area contributed by atoms with E-state index < -0.39 is 0 Å². The summed E-state index contributed by atoms with van der Waals surface area (Å²) in [5.41, 5.74) is 1.68. The predicted molar refractivity (Wildman–Crippen MR) is 69.4 cm³/mol. The summed E-state index contributed by atoms with van der Waals surface area (Å²) in [6, 6.07) is 5.48. The molecule has 0 saturated carbocycles. The van der Waals surface area contributed by atoms with E-state index >= 15 is 0 Å². The molecule has 1 aliphatic rings. The molecule has 1 aliphatic heterocycles. The average Bonchev–Trinajstić information content (AvgIpc) is 2.68. The highest BCUT2D eigenvalue weighted by Crippen LogP contribution is 2.21. The zero-order chi connectivity index (χ0) is 11.7. The molecule has 1 amide bonds. The predicted octanol–water partition coefficient (Wildman–Crippen LogP) is 3.26. The molecule has 0 spiro atoms. The van der Waals surface area contributed by atoms with Crippen molar-refractivity contribution in [3.63, 3.8) is 0 Å². The zero-order valence-electron chi connectivity index (χ0n) is 9.04. The number of likely N-dealkylation sites (tertiary alicyclic amines) is 1. The van der Waals surface area contributed by atoms with Gasteiger partial charge >= 0.3 is 0 Å². The number of carbonyl (C=O) groups excluding carboxylic acids is 1. The summed E-state index contributed by atoms with van der Waals surface area (Å²) < 4.78 is 0. The maximum absolute atomic E-state index is 12.1. The summed E-state index contributed by atoms with van der Waals surface area (Å²) in [4.78, 5) is 14.4. The molecule has 0 aromatic heterocycles. The molecule has 1 heterocycles. The Morgan fingerprint density at radius 3 is 2.88 bits per heavy atom. The molecule has 1 saturated heterocycles. The third-order valence-corrected chi connectivity index (χ3v) is 3.99. The van der Waals surface area contributed by atoms with Crippen molar-refractivity contribution in [2.45, 2.75) is 18.2 Å². The van der Waals surface area contributed by atoms with Crippen LogP contribution < -0.4 is 0 Å². The largest absolute Gasteiger partial charge is 0.337 e. The van der Waals surface area contributed by atoms with Gasteiger partial charge in [-0.1, -0.05) is 33.6 Å². The molecular weight excluding hydrogens is 289 g/mol. The van der Waals surface area contributed by atoms with Crippen LogP contribution in [-0.4, -0.2) is 28.7 Å². The highest BCUT2D eigenvalue weighted by atomic mass is 79.9. The molecule has 0 aliphatic carbocycles. The van der Waals surface area contributed by atoms with Crippen LogP contribution in [0.2, 0.25) is 5.02 Å². The fourth-order valence-corrected chi connectivity index (χ4v) is 2.55. The summed E-state index contributed by atoms with van der Waals surface area (Å²) in [6.45, 7) is 3.53. The van der Waals surface area contributed by atoms with E-state index in [0.29, 0.717) is 15.4 Å². The minimum Gasteiger partial charge on any atom is -0.337 e. The molecule has 86 valence electrons. The summed E-state index contributed by atoms with van der Waals surface area (Å²) in [7, 11) is 0. The van der Waals surface area contributed by atoms with E-state index in [1.165, 1.54) is 0 Å². The first-order chi connectivity index (χ1) is 7.58. The Bertz CT molecular complexity index is 421. The number of alkyl halides is 1. The molecule has 1 aromatic carbocycles. The van der Waals surface area contributed by atoms with Gasteiger partial charge in [0.15, 0.2) is 0 Å². The van der Waals surface area contributed by atoms with E-state index in [0.717, 1.165) is 25.1 Å². The molecule has 1 atom stereocenters. The second-order valence-electron chi connectivity index (χ2n) is 4.10. The fourth-order valence-electron chi connectivity index (χ4n) is 1.81. The van der Waals surface area contributed by atoms with Crippen molar-refractivity contribution in [1.82, 2.24) is 4.90 Å². The maximum atomic E-state index is 12.1. The van der Waals surface area contributed by atoms with E-state index in [2.05, 4.69) is 15.9 Å². The summed E-state index contributed by atoms with van der Waals surface area (Å²) >= 11 is 9.54. The van der Waals surface area contributed by atoms with Crippen molar-refractivity contribution in [3.8, 4) is 0 Å². The summed E-state index contributed by atoms with van der Waals surface area (Å²) in [6.07, 6.45) is 1.02. The highest BCUT2D eigenvalue weighted by molar-refractivity contribution is 9.09. The lowest BCUT2D eigenvalue weighted by atomic mass is 10.1. The van der Waals surface area contributed by atoms with Crippen molar-refractivity contribution >= 4 is 33.4 Å². The number of hydrogen-bond acceptors (Lipinski definition) is 1. The number of hydrogen-bond donors (Lipinski definition) is 0. The minimum atomic E-state index is 0.0730. The van der Waals surface area contributed by atoms with Gasteiger partial charge in [0, 0.05) is 28.5 Å². The number of carbonyl (C=O) groups is 1. The van der Waals surface area contributed by atoms with Crippen LogP contribution in [0.4, 0.5) is 0 Å². The van der Waals surface area contributed by atoms with Crippen LogP contribution in [0, 0.1) is 6.92 Å². The molecule has 16 heavy (non-hydrogen) atoms. The second kappa shape index (κ2) is 4.76. The molecule has 4 heteroatoms. The number of benzene rings is 1. The third kappa shape index (κ3) is 2.41. The summed E-state index contributed by atoms with van der Waals surface area (Å²) in [5.74, 6) is 0.0730. The Morgan fingerprint density at radius 1 is 1.56 bits per heavy atom. The lowest BCUT2D eigenvalue weighted by Gasteiger charge is -2.15. The van der Waals surface area contributed by atoms with Gasteiger partial charge in [0.2, 0.25) is 0 Å². The third-order valence-electron chi connectivity index (χ3n) is 2.84. The van der Waals surface area contributed by atoms with E-state index in [-0.39, 0.29) is 5.91 Å². The minimum absolute atomic E-state index is 0.0730. The molecule has 1 unspecified atom stereocenters. The molecular formula is C12H13BrClNO. The van der Waals surface area contributed by atoms with Gasteiger partial charge in [-0.25, -0.2) is 0 Å². The Labute approximate surface area is 109 Å². The normalized spacial score (nSPS) is 20.2. The molecule has 0 bridgehead atoms.